The summed E-state index contributed by atoms with van der Waals surface area (Å²) in [6.45, 7) is 2.03. The van der Waals surface area contributed by atoms with E-state index in [9.17, 15) is 0 Å². The van der Waals surface area contributed by atoms with Crippen molar-refractivity contribution in [2.45, 2.75) is 13.3 Å². The van der Waals surface area contributed by atoms with Gasteiger partial charge >= 0.3 is 0 Å². The average Bonchev–Trinajstić information content (AvgIpc) is 2.58. The second-order valence-electron chi connectivity index (χ2n) is 2.89. The van der Waals surface area contributed by atoms with Crippen LogP contribution >= 0.6 is 0 Å². The molecule has 0 spiro atoms. The number of benzene rings is 1. The number of nitrogens with zero attached hydrogens (tertiary/aromatic N) is 1. The number of anilines is 1. The molecule has 0 aliphatic rings. The van der Waals surface area contributed by atoms with Crippen molar-refractivity contribution >= 4 is 16.8 Å². The molecule has 1 N–H and O–H groups in total. The van der Waals surface area contributed by atoms with Crippen molar-refractivity contribution in [1.82, 2.24) is 4.98 Å². The van der Waals surface area contributed by atoms with Gasteiger partial charge in [-0.1, -0.05) is 6.92 Å². The van der Waals surface area contributed by atoms with Gasteiger partial charge in [0.1, 0.15) is 5.52 Å². The second kappa shape index (κ2) is 3.09. The lowest BCUT2D eigenvalue weighted by Crippen LogP contribution is -1.86. The summed E-state index contributed by atoms with van der Waals surface area (Å²) < 4.78 is 5.48. The van der Waals surface area contributed by atoms with Crippen LogP contribution in [0.5, 0.6) is 0 Å². The smallest absolute Gasteiger partial charge is 0.195 e. The molecule has 13 heavy (non-hydrogen) atoms. The quantitative estimate of drug-likeness (QED) is 0.763. The first-order valence-electron chi connectivity index (χ1n) is 4.40. The van der Waals surface area contributed by atoms with Gasteiger partial charge in [-0.25, -0.2) is 4.98 Å². The molecule has 0 amide bonds. The molecule has 1 aromatic carbocycles. The van der Waals surface area contributed by atoms with Crippen LogP contribution in [0, 0.1) is 0 Å². The van der Waals surface area contributed by atoms with Gasteiger partial charge in [-0.2, -0.15) is 0 Å². The van der Waals surface area contributed by atoms with E-state index in [2.05, 4.69) is 10.3 Å². The van der Waals surface area contributed by atoms with Crippen LogP contribution in [-0.4, -0.2) is 12.0 Å². The molecular weight excluding hydrogens is 164 g/mol. The van der Waals surface area contributed by atoms with E-state index in [1.165, 1.54) is 0 Å². The van der Waals surface area contributed by atoms with Crippen molar-refractivity contribution in [3.8, 4) is 0 Å². The van der Waals surface area contributed by atoms with E-state index >= 15 is 0 Å². The Labute approximate surface area is 76.8 Å². The van der Waals surface area contributed by atoms with Crippen LogP contribution in [-0.2, 0) is 6.42 Å². The Morgan fingerprint density at radius 2 is 2.31 bits per heavy atom. The topological polar surface area (TPSA) is 38.1 Å². The maximum atomic E-state index is 5.48. The first kappa shape index (κ1) is 8.10. The van der Waals surface area contributed by atoms with Crippen LogP contribution in [0.2, 0.25) is 0 Å². The first-order chi connectivity index (χ1) is 6.33. The fraction of sp³-hybridized carbons (Fsp3) is 0.300. The summed E-state index contributed by atoms with van der Waals surface area (Å²) in [4.78, 5) is 4.33. The highest BCUT2D eigenvalue weighted by Crippen LogP contribution is 2.19. The third-order valence-corrected chi connectivity index (χ3v) is 2.02. The van der Waals surface area contributed by atoms with E-state index in [1.807, 2.05) is 32.2 Å². The number of hydrogen-bond acceptors (Lipinski definition) is 3. The number of hydrogen-bond donors (Lipinski definition) is 1. The summed E-state index contributed by atoms with van der Waals surface area (Å²) in [6, 6.07) is 5.90. The number of aryl methyl sites for hydroxylation is 1. The highest BCUT2D eigenvalue weighted by molar-refractivity contribution is 5.77. The molecule has 2 aromatic rings. The highest BCUT2D eigenvalue weighted by atomic mass is 16.3. The minimum Gasteiger partial charge on any atom is -0.441 e. The fourth-order valence-corrected chi connectivity index (χ4v) is 1.28. The van der Waals surface area contributed by atoms with Gasteiger partial charge in [-0.3, -0.25) is 0 Å². The molecule has 0 atom stereocenters. The van der Waals surface area contributed by atoms with Gasteiger partial charge in [-0.15, -0.1) is 0 Å². The van der Waals surface area contributed by atoms with Gasteiger partial charge in [-0.05, 0) is 18.2 Å². The van der Waals surface area contributed by atoms with Gasteiger partial charge < -0.3 is 9.73 Å². The third kappa shape index (κ3) is 1.37. The van der Waals surface area contributed by atoms with Crippen LogP contribution in [0.3, 0.4) is 0 Å². The van der Waals surface area contributed by atoms with Gasteiger partial charge in [0.05, 0.1) is 0 Å². The zero-order valence-corrected chi connectivity index (χ0v) is 7.79. The minimum absolute atomic E-state index is 0.795. The zero-order valence-electron chi connectivity index (χ0n) is 7.79. The third-order valence-electron chi connectivity index (χ3n) is 2.02. The molecule has 0 saturated heterocycles. The molecule has 3 nitrogen and oxygen atoms in total. The minimum atomic E-state index is 0.795. The monoisotopic (exact) mass is 176 g/mol. The van der Waals surface area contributed by atoms with E-state index in [0.717, 1.165) is 29.1 Å². The number of nitrogens with one attached hydrogen (secondary N) is 1. The SMILES string of the molecule is CCc1nc2cc(NC)ccc2o1. The molecule has 0 bridgehead atoms. The predicted molar refractivity (Wildman–Crippen MR) is 52.9 cm³/mol. The Morgan fingerprint density at radius 1 is 1.46 bits per heavy atom. The lowest BCUT2D eigenvalue weighted by Gasteiger charge is -1.96. The van der Waals surface area contributed by atoms with Crippen molar-refractivity contribution in [1.29, 1.82) is 0 Å². The molecule has 0 aliphatic carbocycles. The molecule has 0 aliphatic heterocycles. The molecule has 2 rings (SSSR count). The van der Waals surface area contributed by atoms with Crippen molar-refractivity contribution in [3.63, 3.8) is 0 Å². The lowest BCUT2D eigenvalue weighted by atomic mass is 10.3. The number of aromatic nitrogens is 1. The van der Waals surface area contributed by atoms with Crippen molar-refractivity contribution in [2.75, 3.05) is 12.4 Å². The number of oxazole rings is 1. The van der Waals surface area contributed by atoms with Crippen LogP contribution in [0.4, 0.5) is 5.69 Å². The number of rotatable bonds is 2. The molecule has 0 radical (unpaired) electrons. The molecule has 1 heterocycles. The largest absolute Gasteiger partial charge is 0.441 e. The Morgan fingerprint density at radius 3 is 3.00 bits per heavy atom. The zero-order chi connectivity index (χ0) is 9.26. The molecule has 3 heteroatoms. The Bertz CT molecular complexity index is 418. The number of fused-ring (bicyclic) bond motifs is 1. The molecule has 1 aromatic heterocycles. The van der Waals surface area contributed by atoms with Gasteiger partial charge in [0.2, 0.25) is 0 Å². The summed E-state index contributed by atoms with van der Waals surface area (Å²) >= 11 is 0. The molecule has 68 valence electrons. The molecule has 0 fully saturated rings. The summed E-state index contributed by atoms with van der Waals surface area (Å²) in [7, 11) is 1.89. The van der Waals surface area contributed by atoms with Gasteiger partial charge in [0.15, 0.2) is 11.5 Å². The average molecular weight is 176 g/mol. The summed E-state index contributed by atoms with van der Waals surface area (Å²) in [6.07, 6.45) is 0.837. The molecule has 0 saturated carbocycles. The van der Waals surface area contributed by atoms with E-state index in [0.29, 0.717) is 0 Å². The van der Waals surface area contributed by atoms with Gasteiger partial charge in [0.25, 0.3) is 0 Å². The van der Waals surface area contributed by atoms with Gasteiger partial charge in [0, 0.05) is 19.2 Å². The van der Waals surface area contributed by atoms with Crippen LogP contribution in [0.15, 0.2) is 22.6 Å². The Kier molecular flexibility index (Phi) is 1.93. The van der Waals surface area contributed by atoms with E-state index in [1.54, 1.807) is 0 Å². The Balaban J connectivity index is 2.57. The van der Waals surface area contributed by atoms with Crippen LogP contribution < -0.4 is 5.32 Å². The molecular formula is C10H12N2O. The maximum absolute atomic E-state index is 5.48. The standard InChI is InChI=1S/C10H12N2O/c1-3-10-12-8-6-7(11-2)4-5-9(8)13-10/h4-6,11H,3H2,1-2H3. The predicted octanol–water partition coefficient (Wildman–Crippen LogP) is 2.43. The molecule has 0 unspecified atom stereocenters. The Hall–Kier alpha value is -1.51. The van der Waals surface area contributed by atoms with E-state index in [4.69, 9.17) is 4.42 Å². The fourth-order valence-electron chi connectivity index (χ4n) is 1.28. The first-order valence-corrected chi connectivity index (χ1v) is 4.40. The van der Waals surface area contributed by atoms with Crippen LogP contribution in [0.1, 0.15) is 12.8 Å². The van der Waals surface area contributed by atoms with E-state index in [-0.39, 0.29) is 0 Å². The van der Waals surface area contributed by atoms with Crippen molar-refractivity contribution in [2.24, 2.45) is 0 Å². The summed E-state index contributed by atoms with van der Waals surface area (Å²) in [5.41, 5.74) is 2.84. The van der Waals surface area contributed by atoms with Crippen LogP contribution in [0.25, 0.3) is 11.1 Å². The maximum Gasteiger partial charge on any atom is 0.195 e. The lowest BCUT2D eigenvalue weighted by molar-refractivity contribution is 0.538. The van der Waals surface area contributed by atoms with Crippen molar-refractivity contribution in [3.05, 3.63) is 24.1 Å². The van der Waals surface area contributed by atoms with Crippen molar-refractivity contribution < 1.29 is 4.42 Å². The normalized spacial score (nSPS) is 10.6. The summed E-state index contributed by atoms with van der Waals surface area (Å²) in [5.74, 6) is 0.795. The highest BCUT2D eigenvalue weighted by Gasteiger charge is 2.03. The second-order valence-corrected chi connectivity index (χ2v) is 2.89. The van der Waals surface area contributed by atoms with E-state index < -0.39 is 0 Å². The summed E-state index contributed by atoms with van der Waals surface area (Å²) in [5, 5.41) is 3.06.